The molecule has 2 rings (SSSR count). The number of sulfone groups is 1. The molecule has 0 saturated carbocycles. The number of amides is 1. The minimum absolute atomic E-state index is 0.0140. The fourth-order valence-corrected chi connectivity index (χ4v) is 3.14. The summed E-state index contributed by atoms with van der Waals surface area (Å²) < 4.78 is 37.1. The highest BCUT2D eigenvalue weighted by Crippen LogP contribution is 2.11. The molecule has 2 N–H and O–H groups in total. The summed E-state index contributed by atoms with van der Waals surface area (Å²) in [6, 6.07) is 7.71. The van der Waals surface area contributed by atoms with Crippen molar-refractivity contribution in [1.82, 2.24) is 10.3 Å². The van der Waals surface area contributed by atoms with Gasteiger partial charge in [-0.3, -0.25) is 4.79 Å². The quantitative estimate of drug-likeness (QED) is 0.645. The van der Waals surface area contributed by atoms with Gasteiger partial charge in [0.2, 0.25) is 0 Å². The first-order chi connectivity index (χ1) is 10.4. The monoisotopic (exact) mass is 340 g/mol. The Hall–Kier alpha value is -2.06. The van der Waals surface area contributed by atoms with E-state index in [2.05, 4.69) is 10.3 Å². The Bertz CT molecular complexity index is 830. The molecule has 1 amide bonds. The minimum Gasteiger partial charge on any atom is -0.352 e. The summed E-state index contributed by atoms with van der Waals surface area (Å²) in [6.45, 7) is -0.0673. The van der Waals surface area contributed by atoms with E-state index in [-0.39, 0.29) is 27.4 Å². The normalized spacial score (nSPS) is 11.1. The van der Waals surface area contributed by atoms with Gasteiger partial charge in [-0.05, 0) is 36.4 Å². The van der Waals surface area contributed by atoms with E-state index < -0.39 is 21.6 Å². The minimum atomic E-state index is -3.58. The molecule has 0 atom stereocenters. The van der Waals surface area contributed by atoms with Crippen molar-refractivity contribution in [3.05, 3.63) is 58.6 Å². The summed E-state index contributed by atoms with van der Waals surface area (Å²) in [4.78, 5) is 14.6. The van der Waals surface area contributed by atoms with Gasteiger partial charge in [-0.25, -0.2) is 12.8 Å². The zero-order valence-corrected chi connectivity index (χ0v) is 13.0. The summed E-state index contributed by atoms with van der Waals surface area (Å²) in [5.74, 6) is -1.24. The number of aromatic amines is 1. The number of carbonyl (C=O) groups is 1. The van der Waals surface area contributed by atoms with Gasteiger partial charge in [0, 0.05) is 12.7 Å². The van der Waals surface area contributed by atoms with Crippen molar-refractivity contribution in [2.24, 2.45) is 0 Å². The molecule has 0 radical (unpaired) electrons. The maximum absolute atomic E-state index is 12.8. The molecule has 0 aliphatic carbocycles. The molecule has 0 aliphatic heterocycles. The first kappa shape index (κ1) is 16.3. The van der Waals surface area contributed by atoms with E-state index in [1.54, 1.807) is 18.3 Å². The van der Waals surface area contributed by atoms with Crippen LogP contribution < -0.4 is 5.32 Å². The lowest BCUT2D eigenvalue weighted by molar-refractivity contribution is 0.0955. The van der Waals surface area contributed by atoms with E-state index in [9.17, 15) is 17.6 Å². The van der Waals surface area contributed by atoms with Gasteiger partial charge < -0.3 is 10.3 Å². The van der Waals surface area contributed by atoms with Crippen LogP contribution in [0.1, 0.15) is 10.4 Å². The second kappa shape index (κ2) is 6.80. The van der Waals surface area contributed by atoms with Gasteiger partial charge in [-0.15, -0.1) is 0 Å². The molecule has 0 bridgehead atoms. The number of pyridine rings is 1. The summed E-state index contributed by atoms with van der Waals surface area (Å²) in [5.41, 5.74) is 0.275. The van der Waals surface area contributed by atoms with Crippen molar-refractivity contribution in [2.45, 2.75) is 4.90 Å². The highest BCUT2D eigenvalue weighted by Gasteiger charge is 2.15. The highest BCUT2D eigenvalue weighted by atomic mass is 32.2. The fraction of sp³-hybridized carbons (Fsp3) is 0.143. The van der Waals surface area contributed by atoms with E-state index in [0.717, 1.165) is 12.1 Å². The Kier molecular flexibility index (Phi) is 5.04. The predicted octanol–water partition coefficient (Wildman–Crippen LogP) is 2.09. The van der Waals surface area contributed by atoms with Gasteiger partial charge in [0.05, 0.1) is 16.2 Å². The maximum Gasteiger partial charge on any atom is 0.254 e. The molecule has 8 heteroatoms. The number of halogens is 1. The number of benzene rings is 1. The molecule has 0 unspecified atom stereocenters. The van der Waals surface area contributed by atoms with Crippen molar-refractivity contribution in [2.75, 3.05) is 12.3 Å². The lowest BCUT2D eigenvalue weighted by Crippen LogP contribution is -2.29. The van der Waals surface area contributed by atoms with Gasteiger partial charge in [-0.2, -0.15) is 0 Å². The number of hydrogen-bond acceptors (Lipinski definition) is 4. The first-order valence-corrected chi connectivity index (χ1v) is 8.40. The van der Waals surface area contributed by atoms with Crippen LogP contribution in [0, 0.1) is 10.5 Å². The van der Waals surface area contributed by atoms with E-state index in [1.165, 1.54) is 12.1 Å². The molecule has 22 heavy (non-hydrogen) atoms. The number of rotatable bonds is 5. The van der Waals surface area contributed by atoms with E-state index >= 15 is 0 Å². The first-order valence-electron chi connectivity index (χ1n) is 6.34. The van der Waals surface area contributed by atoms with Crippen molar-refractivity contribution < 1.29 is 17.6 Å². The predicted molar refractivity (Wildman–Crippen MR) is 82.4 cm³/mol. The van der Waals surface area contributed by atoms with Crippen LogP contribution in [0.15, 0.2) is 47.5 Å². The summed E-state index contributed by atoms with van der Waals surface area (Å²) >= 11 is 4.97. The van der Waals surface area contributed by atoms with Crippen molar-refractivity contribution in [3.8, 4) is 0 Å². The Morgan fingerprint density at radius 2 is 1.91 bits per heavy atom. The van der Waals surface area contributed by atoms with Crippen LogP contribution in [0.25, 0.3) is 0 Å². The molecule has 0 spiro atoms. The van der Waals surface area contributed by atoms with Crippen LogP contribution in [0.5, 0.6) is 0 Å². The van der Waals surface area contributed by atoms with Crippen molar-refractivity contribution >= 4 is 28.0 Å². The topological polar surface area (TPSA) is 79.0 Å². The largest absolute Gasteiger partial charge is 0.352 e. The van der Waals surface area contributed by atoms with Crippen molar-refractivity contribution in [1.29, 1.82) is 0 Å². The molecule has 116 valence electrons. The summed E-state index contributed by atoms with van der Waals surface area (Å²) in [6.07, 6.45) is 1.60. The molecule has 1 heterocycles. The smallest absolute Gasteiger partial charge is 0.254 e. The van der Waals surface area contributed by atoms with Crippen LogP contribution in [-0.4, -0.2) is 31.6 Å². The highest BCUT2D eigenvalue weighted by molar-refractivity contribution is 7.91. The summed E-state index contributed by atoms with van der Waals surface area (Å²) in [7, 11) is -3.58. The average molecular weight is 340 g/mol. The van der Waals surface area contributed by atoms with E-state index in [1.807, 2.05) is 0 Å². The molecular weight excluding hydrogens is 327 g/mol. The third kappa shape index (κ3) is 3.99. The fourth-order valence-electron chi connectivity index (χ4n) is 1.75. The average Bonchev–Trinajstić information content (AvgIpc) is 2.48. The van der Waals surface area contributed by atoms with Gasteiger partial charge in [0.1, 0.15) is 10.5 Å². The molecule has 5 nitrogen and oxygen atoms in total. The van der Waals surface area contributed by atoms with Crippen molar-refractivity contribution in [3.63, 3.8) is 0 Å². The molecule has 0 saturated heterocycles. The lowest BCUT2D eigenvalue weighted by atomic mass is 10.3. The second-order valence-electron chi connectivity index (χ2n) is 4.44. The summed E-state index contributed by atoms with van der Waals surface area (Å²) in [5, 5.41) is 2.50. The SMILES string of the molecule is O=C(NCCS(=O)(=O)c1ccc(F)cc1)c1ccc[nH]c1=S. The van der Waals surface area contributed by atoms with Gasteiger partial charge in [-0.1, -0.05) is 12.2 Å². The van der Waals surface area contributed by atoms with E-state index in [0.29, 0.717) is 0 Å². The number of H-pyrrole nitrogens is 1. The number of carbonyl (C=O) groups excluding carboxylic acids is 1. The maximum atomic E-state index is 12.8. The molecule has 0 fully saturated rings. The molecule has 2 aromatic rings. The third-order valence-corrected chi connectivity index (χ3v) is 4.96. The zero-order chi connectivity index (χ0) is 16.2. The third-order valence-electron chi connectivity index (χ3n) is 2.89. The van der Waals surface area contributed by atoms with Crippen LogP contribution in [0.3, 0.4) is 0 Å². The Morgan fingerprint density at radius 3 is 2.55 bits per heavy atom. The standard InChI is InChI=1S/C14H13FN2O3S2/c15-10-3-5-11(6-4-10)22(19,20)9-8-16-13(18)12-2-1-7-17-14(12)21/h1-7H,8-9H2,(H,16,18)(H,17,21). The molecule has 1 aromatic carbocycles. The number of nitrogens with one attached hydrogen (secondary N) is 2. The molecule has 0 aliphatic rings. The molecular formula is C14H13FN2O3S2. The number of hydrogen-bond donors (Lipinski definition) is 2. The van der Waals surface area contributed by atoms with Gasteiger partial charge >= 0.3 is 0 Å². The van der Waals surface area contributed by atoms with E-state index in [4.69, 9.17) is 12.2 Å². The lowest BCUT2D eigenvalue weighted by Gasteiger charge is -2.07. The Morgan fingerprint density at radius 1 is 1.23 bits per heavy atom. The van der Waals surface area contributed by atoms with Crippen LogP contribution in [0.4, 0.5) is 4.39 Å². The zero-order valence-electron chi connectivity index (χ0n) is 11.4. The van der Waals surface area contributed by atoms with Crippen LogP contribution in [0.2, 0.25) is 0 Å². The molecule has 1 aromatic heterocycles. The van der Waals surface area contributed by atoms with Gasteiger partial charge in [0.25, 0.3) is 5.91 Å². The van der Waals surface area contributed by atoms with Crippen LogP contribution in [-0.2, 0) is 9.84 Å². The Labute approximate surface area is 132 Å². The Balaban J connectivity index is 1.99. The second-order valence-corrected chi connectivity index (χ2v) is 6.96. The van der Waals surface area contributed by atoms with Crippen LogP contribution >= 0.6 is 12.2 Å². The van der Waals surface area contributed by atoms with Gasteiger partial charge in [0.15, 0.2) is 9.84 Å². The number of aromatic nitrogens is 1.